The second kappa shape index (κ2) is 5.26. The fourth-order valence-corrected chi connectivity index (χ4v) is 3.59. The zero-order valence-electron chi connectivity index (χ0n) is 12.1. The SMILES string of the molecule is CC1(C)Cc2ccccc2C1NCC1CCCCO1. The van der Waals surface area contributed by atoms with Gasteiger partial charge in [0.15, 0.2) is 0 Å². The van der Waals surface area contributed by atoms with E-state index >= 15 is 0 Å². The summed E-state index contributed by atoms with van der Waals surface area (Å²) in [6.45, 7) is 6.66. The van der Waals surface area contributed by atoms with Gasteiger partial charge in [0, 0.05) is 19.2 Å². The van der Waals surface area contributed by atoms with Crippen LogP contribution in [0.3, 0.4) is 0 Å². The van der Waals surface area contributed by atoms with E-state index in [0.717, 1.165) is 13.2 Å². The van der Waals surface area contributed by atoms with Crippen molar-refractivity contribution in [3.05, 3.63) is 35.4 Å². The Morgan fingerprint density at radius 3 is 2.89 bits per heavy atom. The van der Waals surface area contributed by atoms with E-state index in [2.05, 4.69) is 43.4 Å². The summed E-state index contributed by atoms with van der Waals surface area (Å²) in [5.41, 5.74) is 3.30. The summed E-state index contributed by atoms with van der Waals surface area (Å²) in [5.74, 6) is 0. The fourth-order valence-electron chi connectivity index (χ4n) is 3.59. The lowest BCUT2D eigenvalue weighted by Crippen LogP contribution is -2.38. The first kappa shape index (κ1) is 13.1. The first-order valence-corrected chi connectivity index (χ1v) is 7.59. The van der Waals surface area contributed by atoms with Crippen molar-refractivity contribution in [3.63, 3.8) is 0 Å². The Hall–Kier alpha value is -0.860. The molecule has 0 bridgehead atoms. The van der Waals surface area contributed by atoms with E-state index < -0.39 is 0 Å². The normalized spacial score (nSPS) is 29.2. The maximum Gasteiger partial charge on any atom is 0.0699 e. The molecule has 0 aromatic heterocycles. The van der Waals surface area contributed by atoms with E-state index in [1.807, 2.05) is 0 Å². The van der Waals surface area contributed by atoms with Crippen molar-refractivity contribution in [3.8, 4) is 0 Å². The van der Waals surface area contributed by atoms with Crippen molar-refractivity contribution in [1.29, 1.82) is 0 Å². The third-order valence-electron chi connectivity index (χ3n) is 4.62. The highest BCUT2D eigenvalue weighted by Crippen LogP contribution is 2.44. The Morgan fingerprint density at radius 1 is 1.26 bits per heavy atom. The Morgan fingerprint density at radius 2 is 2.11 bits per heavy atom. The minimum atomic E-state index is 0.304. The molecule has 1 heterocycles. The molecule has 104 valence electrons. The molecule has 2 nitrogen and oxygen atoms in total. The van der Waals surface area contributed by atoms with Crippen LogP contribution >= 0.6 is 0 Å². The van der Waals surface area contributed by atoms with Crippen LogP contribution in [-0.4, -0.2) is 19.3 Å². The lowest BCUT2D eigenvalue weighted by Gasteiger charge is -2.31. The standard InChI is InChI=1S/C17H25NO/c1-17(2)11-13-7-3-4-9-15(13)16(17)18-12-14-8-5-6-10-19-14/h3-4,7,9,14,16,18H,5-6,8,10-12H2,1-2H3. The summed E-state index contributed by atoms with van der Waals surface area (Å²) in [7, 11) is 0. The van der Waals surface area contributed by atoms with Crippen LogP contribution in [0.5, 0.6) is 0 Å². The first-order chi connectivity index (χ1) is 9.17. The average Bonchev–Trinajstić information content (AvgIpc) is 2.67. The highest BCUT2D eigenvalue weighted by molar-refractivity contribution is 5.37. The Balaban J connectivity index is 1.68. The molecule has 1 saturated heterocycles. The summed E-state index contributed by atoms with van der Waals surface area (Å²) in [6.07, 6.45) is 5.34. The molecule has 1 aliphatic carbocycles. The predicted molar refractivity (Wildman–Crippen MR) is 78.3 cm³/mol. The van der Waals surface area contributed by atoms with Gasteiger partial charge in [0.05, 0.1) is 6.10 Å². The molecule has 0 amide bonds. The summed E-state index contributed by atoms with van der Waals surface area (Å²) in [6, 6.07) is 9.33. The Kier molecular flexibility index (Phi) is 3.64. The second-order valence-electron chi connectivity index (χ2n) is 6.69. The topological polar surface area (TPSA) is 21.3 Å². The lowest BCUT2D eigenvalue weighted by atomic mass is 9.85. The van der Waals surface area contributed by atoms with Crippen molar-refractivity contribution < 1.29 is 4.74 Å². The second-order valence-corrected chi connectivity index (χ2v) is 6.69. The van der Waals surface area contributed by atoms with Gasteiger partial charge in [0.25, 0.3) is 0 Å². The molecule has 2 atom stereocenters. The molecule has 1 N–H and O–H groups in total. The summed E-state index contributed by atoms with van der Waals surface area (Å²) >= 11 is 0. The number of benzene rings is 1. The Labute approximate surface area is 116 Å². The van der Waals surface area contributed by atoms with Crippen LogP contribution in [0.4, 0.5) is 0 Å². The van der Waals surface area contributed by atoms with Crippen molar-refractivity contribution >= 4 is 0 Å². The molecule has 19 heavy (non-hydrogen) atoms. The van der Waals surface area contributed by atoms with Crippen molar-refractivity contribution in [2.24, 2.45) is 5.41 Å². The quantitative estimate of drug-likeness (QED) is 0.897. The van der Waals surface area contributed by atoms with Crippen LogP contribution in [0.2, 0.25) is 0 Å². The average molecular weight is 259 g/mol. The van der Waals surface area contributed by atoms with E-state index in [-0.39, 0.29) is 0 Å². The number of hydrogen-bond acceptors (Lipinski definition) is 2. The molecule has 0 saturated carbocycles. The molecule has 1 aliphatic heterocycles. The molecule has 1 aromatic carbocycles. The van der Waals surface area contributed by atoms with Crippen LogP contribution in [-0.2, 0) is 11.2 Å². The lowest BCUT2D eigenvalue weighted by molar-refractivity contribution is 0.0130. The predicted octanol–water partition coefficient (Wildman–Crippen LogP) is 3.47. The first-order valence-electron chi connectivity index (χ1n) is 7.59. The van der Waals surface area contributed by atoms with E-state index in [1.165, 1.54) is 36.8 Å². The number of fused-ring (bicyclic) bond motifs is 1. The van der Waals surface area contributed by atoms with Crippen LogP contribution in [0.25, 0.3) is 0 Å². The molecular formula is C17H25NO. The molecule has 2 heteroatoms. The summed E-state index contributed by atoms with van der Waals surface area (Å²) < 4.78 is 5.83. The van der Waals surface area contributed by atoms with Crippen LogP contribution in [0.15, 0.2) is 24.3 Å². The van der Waals surface area contributed by atoms with Gasteiger partial charge in [-0.05, 0) is 42.2 Å². The Bertz CT molecular complexity index is 435. The van der Waals surface area contributed by atoms with Crippen LogP contribution in [0, 0.1) is 5.41 Å². The van der Waals surface area contributed by atoms with E-state index in [4.69, 9.17) is 4.74 Å². The molecular weight excluding hydrogens is 234 g/mol. The van der Waals surface area contributed by atoms with Crippen molar-refractivity contribution in [1.82, 2.24) is 5.32 Å². The smallest absolute Gasteiger partial charge is 0.0699 e. The van der Waals surface area contributed by atoms with Gasteiger partial charge < -0.3 is 10.1 Å². The largest absolute Gasteiger partial charge is 0.377 e. The minimum absolute atomic E-state index is 0.304. The molecule has 2 aliphatic rings. The zero-order chi connectivity index (χ0) is 13.3. The van der Waals surface area contributed by atoms with Gasteiger partial charge in [0.1, 0.15) is 0 Å². The van der Waals surface area contributed by atoms with Crippen molar-refractivity contribution in [2.45, 2.75) is 51.7 Å². The maximum atomic E-state index is 5.83. The maximum absolute atomic E-state index is 5.83. The number of ether oxygens (including phenoxy) is 1. The van der Waals surface area contributed by atoms with Gasteiger partial charge in [-0.1, -0.05) is 38.1 Å². The monoisotopic (exact) mass is 259 g/mol. The van der Waals surface area contributed by atoms with Gasteiger partial charge in [0.2, 0.25) is 0 Å². The van der Waals surface area contributed by atoms with Gasteiger partial charge in [-0.15, -0.1) is 0 Å². The minimum Gasteiger partial charge on any atom is -0.377 e. The highest BCUT2D eigenvalue weighted by Gasteiger charge is 2.38. The zero-order valence-corrected chi connectivity index (χ0v) is 12.1. The summed E-state index contributed by atoms with van der Waals surface area (Å²) in [4.78, 5) is 0. The molecule has 0 radical (unpaired) electrons. The molecule has 0 spiro atoms. The fraction of sp³-hybridized carbons (Fsp3) is 0.647. The summed E-state index contributed by atoms with van der Waals surface area (Å²) in [5, 5.41) is 3.77. The van der Waals surface area contributed by atoms with Gasteiger partial charge in [-0.25, -0.2) is 0 Å². The van der Waals surface area contributed by atoms with Crippen LogP contribution < -0.4 is 5.32 Å². The highest BCUT2D eigenvalue weighted by atomic mass is 16.5. The third kappa shape index (κ3) is 2.70. The van der Waals surface area contributed by atoms with Gasteiger partial charge in [-0.3, -0.25) is 0 Å². The number of nitrogens with one attached hydrogen (secondary N) is 1. The van der Waals surface area contributed by atoms with Crippen molar-refractivity contribution in [2.75, 3.05) is 13.2 Å². The number of rotatable bonds is 3. The van der Waals surface area contributed by atoms with Crippen LogP contribution in [0.1, 0.15) is 50.3 Å². The molecule has 1 fully saturated rings. The van der Waals surface area contributed by atoms with E-state index in [9.17, 15) is 0 Å². The van der Waals surface area contributed by atoms with E-state index in [0.29, 0.717) is 17.6 Å². The molecule has 2 unspecified atom stereocenters. The molecule has 1 aromatic rings. The van der Waals surface area contributed by atoms with Gasteiger partial charge >= 0.3 is 0 Å². The van der Waals surface area contributed by atoms with Gasteiger partial charge in [-0.2, -0.15) is 0 Å². The molecule has 3 rings (SSSR count). The number of hydrogen-bond donors (Lipinski definition) is 1. The third-order valence-corrected chi connectivity index (χ3v) is 4.62. The van der Waals surface area contributed by atoms with E-state index in [1.54, 1.807) is 0 Å².